The molecule has 120 valence electrons. The monoisotopic (exact) mass is 366 g/mol. The van der Waals surface area contributed by atoms with Crippen LogP contribution in [0.1, 0.15) is 16.5 Å². The van der Waals surface area contributed by atoms with Gasteiger partial charge in [0.15, 0.2) is 0 Å². The minimum atomic E-state index is -0.116. The molecule has 0 aliphatic carbocycles. The molecule has 1 saturated heterocycles. The zero-order valence-corrected chi connectivity index (χ0v) is 14.9. The Bertz CT molecular complexity index is 721. The summed E-state index contributed by atoms with van der Waals surface area (Å²) in [4.78, 5) is 14.4. The third-order valence-corrected chi connectivity index (χ3v) is 5.49. The molecule has 1 N–H and O–H groups in total. The van der Waals surface area contributed by atoms with Gasteiger partial charge in [0.1, 0.15) is 5.37 Å². The highest BCUT2D eigenvalue weighted by atomic mass is 35.5. The summed E-state index contributed by atoms with van der Waals surface area (Å²) in [6, 6.07) is 13.0. The van der Waals surface area contributed by atoms with Gasteiger partial charge in [-0.25, -0.2) is 4.79 Å². The molecule has 2 aromatic carbocycles. The first-order chi connectivity index (χ1) is 11.0. The van der Waals surface area contributed by atoms with E-state index in [1.807, 2.05) is 37.3 Å². The van der Waals surface area contributed by atoms with E-state index in [1.165, 1.54) is 0 Å². The summed E-state index contributed by atoms with van der Waals surface area (Å²) in [5.74, 6) is 0.880. The number of aryl methyl sites for hydroxylation is 1. The third kappa shape index (κ3) is 3.77. The number of halogens is 2. The van der Waals surface area contributed by atoms with Crippen molar-refractivity contribution in [2.75, 3.05) is 17.6 Å². The van der Waals surface area contributed by atoms with E-state index >= 15 is 0 Å². The van der Waals surface area contributed by atoms with Gasteiger partial charge in [-0.15, -0.1) is 11.8 Å². The summed E-state index contributed by atoms with van der Waals surface area (Å²) < 4.78 is 0. The minimum absolute atomic E-state index is 0.0924. The van der Waals surface area contributed by atoms with Crippen LogP contribution in [0.4, 0.5) is 10.5 Å². The van der Waals surface area contributed by atoms with Gasteiger partial charge >= 0.3 is 6.03 Å². The van der Waals surface area contributed by atoms with E-state index in [9.17, 15) is 4.79 Å². The molecular weight excluding hydrogens is 351 g/mol. The van der Waals surface area contributed by atoms with Crippen molar-refractivity contribution in [3.05, 3.63) is 63.6 Å². The van der Waals surface area contributed by atoms with Gasteiger partial charge in [-0.1, -0.05) is 47.0 Å². The lowest BCUT2D eigenvalue weighted by atomic mass is 10.2. The zero-order valence-electron chi connectivity index (χ0n) is 12.6. The predicted octanol–water partition coefficient (Wildman–Crippen LogP) is 5.58. The molecule has 1 aliphatic heterocycles. The molecule has 1 aliphatic rings. The van der Waals surface area contributed by atoms with E-state index < -0.39 is 0 Å². The number of amides is 2. The molecule has 3 nitrogen and oxygen atoms in total. The Labute approximate surface area is 150 Å². The van der Waals surface area contributed by atoms with Gasteiger partial charge in [0.2, 0.25) is 0 Å². The Kier molecular flexibility index (Phi) is 5.05. The van der Waals surface area contributed by atoms with Crippen molar-refractivity contribution in [1.82, 2.24) is 4.90 Å². The van der Waals surface area contributed by atoms with Crippen molar-refractivity contribution in [2.45, 2.75) is 12.3 Å². The van der Waals surface area contributed by atoms with Crippen molar-refractivity contribution < 1.29 is 4.79 Å². The number of anilines is 1. The van der Waals surface area contributed by atoms with Crippen molar-refractivity contribution in [2.24, 2.45) is 0 Å². The molecule has 6 heteroatoms. The Morgan fingerprint density at radius 2 is 1.96 bits per heavy atom. The van der Waals surface area contributed by atoms with Crippen LogP contribution in [0, 0.1) is 6.92 Å². The second kappa shape index (κ2) is 7.04. The minimum Gasteiger partial charge on any atom is -0.308 e. The van der Waals surface area contributed by atoms with E-state index in [1.54, 1.807) is 28.8 Å². The quantitative estimate of drug-likeness (QED) is 0.751. The van der Waals surface area contributed by atoms with Gasteiger partial charge in [-0.3, -0.25) is 0 Å². The molecule has 1 unspecified atom stereocenters. The Balaban J connectivity index is 1.78. The van der Waals surface area contributed by atoms with Gasteiger partial charge in [-0.2, -0.15) is 0 Å². The van der Waals surface area contributed by atoms with Gasteiger partial charge < -0.3 is 10.2 Å². The molecule has 2 amide bonds. The van der Waals surface area contributed by atoms with Gasteiger partial charge in [-0.05, 0) is 31.2 Å². The number of carbonyl (C=O) groups is 1. The molecule has 3 rings (SSSR count). The molecule has 1 heterocycles. The van der Waals surface area contributed by atoms with Crippen LogP contribution in [-0.2, 0) is 0 Å². The van der Waals surface area contributed by atoms with Crippen LogP contribution in [0.2, 0.25) is 10.0 Å². The standard InChI is InChI=1S/C17H16Cl2N2OS/c1-11-2-5-13(6-3-11)20-17(22)21-8-9-23-16(21)14-7-4-12(18)10-15(14)19/h2-7,10,16H,8-9H2,1H3,(H,20,22). The fourth-order valence-electron chi connectivity index (χ4n) is 2.47. The first-order valence-corrected chi connectivity index (χ1v) is 9.06. The molecule has 2 aromatic rings. The average molecular weight is 367 g/mol. The maximum Gasteiger partial charge on any atom is 0.323 e. The normalized spacial score (nSPS) is 17.3. The Hall–Kier alpha value is -1.36. The summed E-state index contributed by atoms with van der Waals surface area (Å²) in [6.45, 7) is 2.70. The van der Waals surface area contributed by atoms with E-state index in [0.29, 0.717) is 16.6 Å². The number of hydrogen-bond donors (Lipinski definition) is 1. The molecule has 0 saturated carbocycles. The smallest absolute Gasteiger partial charge is 0.308 e. The summed E-state index contributed by atoms with van der Waals surface area (Å²) in [6.07, 6.45) is 0. The first kappa shape index (κ1) is 16.5. The molecule has 1 atom stereocenters. The van der Waals surface area contributed by atoms with Crippen molar-refractivity contribution in [3.8, 4) is 0 Å². The lowest BCUT2D eigenvalue weighted by molar-refractivity contribution is 0.214. The molecular formula is C17H16Cl2N2OS. The fourth-order valence-corrected chi connectivity index (χ4v) is 4.34. The zero-order chi connectivity index (χ0) is 16.4. The number of benzene rings is 2. The van der Waals surface area contributed by atoms with Crippen LogP contribution in [0.15, 0.2) is 42.5 Å². The van der Waals surface area contributed by atoms with Crippen molar-refractivity contribution in [3.63, 3.8) is 0 Å². The highest BCUT2D eigenvalue weighted by Crippen LogP contribution is 2.41. The SMILES string of the molecule is Cc1ccc(NC(=O)N2CCSC2c2ccc(Cl)cc2Cl)cc1. The van der Waals surface area contributed by atoms with Gasteiger partial charge in [0.25, 0.3) is 0 Å². The summed E-state index contributed by atoms with van der Waals surface area (Å²) in [5.41, 5.74) is 2.86. The third-order valence-electron chi connectivity index (χ3n) is 3.68. The number of nitrogens with zero attached hydrogens (tertiary/aromatic N) is 1. The van der Waals surface area contributed by atoms with Crippen LogP contribution >= 0.6 is 35.0 Å². The van der Waals surface area contributed by atoms with Crippen molar-refractivity contribution in [1.29, 1.82) is 0 Å². The highest BCUT2D eigenvalue weighted by Gasteiger charge is 2.32. The fraction of sp³-hybridized carbons (Fsp3) is 0.235. The summed E-state index contributed by atoms with van der Waals surface area (Å²) in [7, 11) is 0. The topological polar surface area (TPSA) is 32.3 Å². The maximum atomic E-state index is 12.6. The average Bonchev–Trinajstić information content (AvgIpc) is 2.99. The second-order valence-corrected chi connectivity index (χ2v) is 7.41. The Morgan fingerprint density at radius 3 is 2.65 bits per heavy atom. The molecule has 1 fully saturated rings. The number of carbonyl (C=O) groups excluding carboxylic acids is 1. The molecule has 0 aromatic heterocycles. The van der Waals surface area contributed by atoms with Gasteiger partial charge in [0, 0.05) is 33.6 Å². The van der Waals surface area contributed by atoms with Gasteiger partial charge in [0.05, 0.1) is 0 Å². The lowest BCUT2D eigenvalue weighted by Crippen LogP contribution is -2.34. The number of hydrogen-bond acceptors (Lipinski definition) is 2. The molecule has 0 bridgehead atoms. The van der Waals surface area contributed by atoms with E-state index in [0.717, 1.165) is 22.6 Å². The van der Waals surface area contributed by atoms with E-state index in [-0.39, 0.29) is 11.4 Å². The molecule has 23 heavy (non-hydrogen) atoms. The molecule has 0 radical (unpaired) electrons. The number of rotatable bonds is 2. The van der Waals surface area contributed by atoms with Crippen LogP contribution in [0.3, 0.4) is 0 Å². The lowest BCUT2D eigenvalue weighted by Gasteiger charge is -2.25. The number of urea groups is 1. The van der Waals surface area contributed by atoms with Crippen LogP contribution in [0.5, 0.6) is 0 Å². The van der Waals surface area contributed by atoms with Crippen LogP contribution < -0.4 is 5.32 Å². The number of nitrogens with one attached hydrogen (secondary N) is 1. The second-order valence-electron chi connectivity index (χ2n) is 5.38. The largest absolute Gasteiger partial charge is 0.323 e. The van der Waals surface area contributed by atoms with E-state index in [4.69, 9.17) is 23.2 Å². The summed E-state index contributed by atoms with van der Waals surface area (Å²) >= 11 is 14.0. The van der Waals surface area contributed by atoms with Crippen molar-refractivity contribution >= 4 is 46.7 Å². The first-order valence-electron chi connectivity index (χ1n) is 7.25. The van der Waals surface area contributed by atoms with Crippen LogP contribution in [-0.4, -0.2) is 23.2 Å². The molecule has 0 spiro atoms. The predicted molar refractivity (Wildman–Crippen MR) is 98.6 cm³/mol. The van der Waals surface area contributed by atoms with Crippen LogP contribution in [0.25, 0.3) is 0 Å². The maximum absolute atomic E-state index is 12.6. The van der Waals surface area contributed by atoms with E-state index in [2.05, 4.69) is 5.32 Å². The Morgan fingerprint density at radius 1 is 1.22 bits per heavy atom. The summed E-state index contributed by atoms with van der Waals surface area (Å²) in [5, 5.41) is 4.04. The highest BCUT2D eigenvalue weighted by molar-refractivity contribution is 7.99. The number of thioether (sulfide) groups is 1.